The number of rotatable bonds is 12. The molecule has 0 aliphatic carbocycles. The van der Waals surface area contributed by atoms with Gasteiger partial charge < -0.3 is 9.47 Å². The van der Waals surface area contributed by atoms with Crippen LogP contribution in [0.2, 0.25) is 10.0 Å². The van der Waals surface area contributed by atoms with Crippen molar-refractivity contribution in [2.45, 2.75) is 45.4 Å². The molecule has 2 rings (SSSR count). The minimum Gasteiger partial charge on any atom is -0.493 e. The van der Waals surface area contributed by atoms with E-state index in [0.717, 1.165) is 30.2 Å². The number of nitrogens with one attached hydrogen (secondary N) is 2. The van der Waals surface area contributed by atoms with Crippen molar-refractivity contribution in [2.24, 2.45) is 0 Å². The van der Waals surface area contributed by atoms with E-state index < -0.39 is 5.91 Å². The lowest BCUT2D eigenvalue weighted by Gasteiger charge is -2.13. The van der Waals surface area contributed by atoms with Crippen molar-refractivity contribution in [3.8, 4) is 11.5 Å². The van der Waals surface area contributed by atoms with Gasteiger partial charge in [-0.15, -0.1) is 0 Å². The Hall–Kier alpha value is -1.96. The predicted molar refractivity (Wildman–Crippen MR) is 131 cm³/mol. The summed E-state index contributed by atoms with van der Waals surface area (Å²) >= 11 is 15.3. The molecule has 174 valence electrons. The van der Waals surface area contributed by atoms with Crippen LogP contribution in [0.4, 0.5) is 0 Å². The van der Waals surface area contributed by atoms with Crippen LogP contribution >= 0.6 is 39.1 Å². The minimum absolute atomic E-state index is 0.171. The lowest BCUT2D eigenvalue weighted by Crippen LogP contribution is -2.41. The molecule has 0 spiro atoms. The van der Waals surface area contributed by atoms with E-state index in [-0.39, 0.29) is 12.3 Å². The Morgan fingerprint density at radius 1 is 0.906 bits per heavy atom. The fourth-order valence-electron chi connectivity index (χ4n) is 2.78. The Morgan fingerprint density at radius 3 is 2.38 bits per heavy atom. The van der Waals surface area contributed by atoms with Gasteiger partial charge in [-0.3, -0.25) is 20.4 Å². The molecule has 0 aromatic heterocycles. The van der Waals surface area contributed by atoms with Gasteiger partial charge in [-0.2, -0.15) is 0 Å². The number of hydrazine groups is 1. The normalized spacial score (nSPS) is 10.5. The van der Waals surface area contributed by atoms with Crippen molar-refractivity contribution in [1.29, 1.82) is 0 Å². The van der Waals surface area contributed by atoms with Gasteiger partial charge in [-0.25, -0.2) is 0 Å². The molecule has 0 aliphatic rings. The first-order valence-corrected chi connectivity index (χ1v) is 12.0. The third-order valence-corrected chi connectivity index (χ3v) is 5.48. The third-order valence-electron chi connectivity index (χ3n) is 4.46. The molecule has 2 aromatic rings. The summed E-state index contributed by atoms with van der Waals surface area (Å²) < 4.78 is 12.1. The number of unbranched alkanes of at least 4 members (excludes halogenated alkanes) is 3. The summed E-state index contributed by atoms with van der Waals surface area (Å²) in [5, 5.41) is 0.930. The Morgan fingerprint density at radius 2 is 1.62 bits per heavy atom. The molecule has 32 heavy (non-hydrogen) atoms. The van der Waals surface area contributed by atoms with E-state index in [1.165, 1.54) is 0 Å². The molecule has 0 aliphatic heterocycles. The number of carbonyl (C=O) groups excluding carboxylic acids is 2. The molecule has 0 bridgehead atoms. The number of halogens is 3. The quantitative estimate of drug-likeness (QED) is 0.241. The van der Waals surface area contributed by atoms with Crippen molar-refractivity contribution >= 4 is 50.9 Å². The number of hydrogen-bond acceptors (Lipinski definition) is 4. The van der Waals surface area contributed by atoms with Gasteiger partial charge in [-0.05, 0) is 49.2 Å². The number of carbonyl (C=O) groups is 2. The summed E-state index contributed by atoms with van der Waals surface area (Å²) in [6.07, 6.45) is 4.92. The smallest absolute Gasteiger partial charge is 0.273 e. The van der Waals surface area contributed by atoms with E-state index in [9.17, 15) is 9.59 Å². The van der Waals surface area contributed by atoms with Gasteiger partial charge in [-0.1, -0.05) is 65.3 Å². The number of benzene rings is 2. The molecule has 0 heterocycles. The van der Waals surface area contributed by atoms with E-state index in [4.69, 9.17) is 32.7 Å². The van der Waals surface area contributed by atoms with Gasteiger partial charge in [0.15, 0.2) is 0 Å². The van der Waals surface area contributed by atoms with Gasteiger partial charge in [0.25, 0.3) is 5.91 Å². The Bertz CT molecular complexity index is 912. The summed E-state index contributed by atoms with van der Waals surface area (Å²) in [6.45, 7) is 2.98. The second kappa shape index (κ2) is 14.2. The van der Waals surface area contributed by atoms with E-state index in [2.05, 4.69) is 33.7 Å². The molecule has 2 N–H and O–H groups in total. The molecule has 0 saturated heterocycles. The monoisotopic (exact) mass is 544 g/mol. The molecule has 0 radical (unpaired) electrons. The number of ether oxygens (including phenoxy) is 2. The highest BCUT2D eigenvalue weighted by atomic mass is 79.9. The van der Waals surface area contributed by atoms with Crippen LogP contribution in [0.15, 0.2) is 40.9 Å². The first-order chi connectivity index (χ1) is 15.4. The number of hydrogen-bond donors (Lipinski definition) is 2. The molecule has 0 fully saturated rings. The molecule has 6 nitrogen and oxygen atoms in total. The molecular formula is C23H27BrCl2N2O4. The van der Waals surface area contributed by atoms with E-state index in [0.29, 0.717) is 46.7 Å². The molecule has 0 atom stereocenters. The first-order valence-electron chi connectivity index (χ1n) is 10.5. The summed E-state index contributed by atoms with van der Waals surface area (Å²) in [5.41, 5.74) is 5.20. The van der Waals surface area contributed by atoms with Crippen molar-refractivity contribution in [1.82, 2.24) is 10.9 Å². The van der Waals surface area contributed by atoms with Crippen LogP contribution in [0.5, 0.6) is 11.5 Å². The zero-order valence-electron chi connectivity index (χ0n) is 17.9. The SMILES string of the molecule is CCCCCCOc1ccc(Br)cc1C(=O)NNC(=O)CCCOc1ccc(Cl)cc1Cl. The predicted octanol–water partition coefficient (Wildman–Crippen LogP) is 6.34. The summed E-state index contributed by atoms with van der Waals surface area (Å²) in [6, 6.07) is 10.1. The van der Waals surface area contributed by atoms with E-state index in [1.54, 1.807) is 30.3 Å². The second-order valence-corrected chi connectivity index (χ2v) is 8.84. The maximum atomic E-state index is 12.6. The Kier molecular flexibility index (Phi) is 11.7. The zero-order valence-corrected chi connectivity index (χ0v) is 21.0. The van der Waals surface area contributed by atoms with E-state index in [1.807, 2.05) is 6.07 Å². The van der Waals surface area contributed by atoms with Crippen molar-refractivity contribution in [2.75, 3.05) is 13.2 Å². The van der Waals surface area contributed by atoms with Crippen LogP contribution in [0, 0.1) is 0 Å². The maximum absolute atomic E-state index is 12.6. The first kappa shape index (κ1) is 26.3. The van der Waals surface area contributed by atoms with Crippen LogP contribution in [-0.4, -0.2) is 25.0 Å². The summed E-state index contributed by atoms with van der Waals surface area (Å²) in [4.78, 5) is 24.6. The van der Waals surface area contributed by atoms with Crippen LogP contribution in [-0.2, 0) is 4.79 Å². The highest BCUT2D eigenvalue weighted by Crippen LogP contribution is 2.27. The molecule has 2 amide bonds. The van der Waals surface area contributed by atoms with Gasteiger partial charge in [0, 0.05) is 15.9 Å². The molecule has 0 unspecified atom stereocenters. The van der Waals surface area contributed by atoms with Crippen molar-refractivity contribution < 1.29 is 19.1 Å². The van der Waals surface area contributed by atoms with E-state index >= 15 is 0 Å². The summed E-state index contributed by atoms with van der Waals surface area (Å²) in [7, 11) is 0. The van der Waals surface area contributed by atoms with Gasteiger partial charge in [0.2, 0.25) is 5.91 Å². The minimum atomic E-state index is -0.451. The average molecular weight is 546 g/mol. The highest BCUT2D eigenvalue weighted by molar-refractivity contribution is 9.10. The number of amides is 2. The topological polar surface area (TPSA) is 76.7 Å². The van der Waals surface area contributed by atoms with Crippen LogP contribution in [0.25, 0.3) is 0 Å². The molecular weight excluding hydrogens is 519 g/mol. The van der Waals surface area contributed by atoms with Crippen molar-refractivity contribution in [3.63, 3.8) is 0 Å². The third kappa shape index (κ3) is 9.27. The highest BCUT2D eigenvalue weighted by Gasteiger charge is 2.14. The maximum Gasteiger partial charge on any atom is 0.273 e. The fraction of sp³-hybridized carbons (Fsp3) is 0.391. The van der Waals surface area contributed by atoms with Gasteiger partial charge in [0.1, 0.15) is 11.5 Å². The largest absolute Gasteiger partial charge is 0.493 e. The standard InChI is InChI=1S/C23H27BrCl2N2O4/c1-2-3-4-5-12-31-20-10-8-16(24)14-18(20)23(30)28-27-22(29)7-6-13-32-21-11-9-17(25)15-19(21)26/h8-11,14-15H,2-7,12-13H2,1H3,(H,27,29)(H,28,30). The van der Waals surface area contributed by atoms with Crippen molar-refractivity contribution in [3.05, 3.63) is 56.5 Å². The lowest BCUT2D eigenvalue weighted by molar-refractivity contribution is -0.122. The molecule has 9 heteroatoms. The Balaban J connectivity index is 1.76. The molecule has 2 aromatic carbocycles. The zero-order chi connectivity index (χ0) is 23.3. The summed E-state index contributed by atoms with van der Waals surface area (Å²) in [5.74, 6) is 0.194. The van der Waals surface area contributed by atoms with Crippen LogP contribution in [0.1, 0.15) is 55.8 Å². The van der Waals surface area contributed by atoms with Gasteiger partial charge >= 0.3 is 0 Å². The average Bonchev–Trinajstić information content (AvgIpc) is 2.77. The van der Waals surface area contributed by atoms with Gasteiger partial charge in [0.05, 0.1) is 23.8 Å². The lowest BCUT2D eigenvalue weighted by atomic mass is 10.2. The Labute approximate surface area is 207 Å². The molecule has 0 saturated carbocycles. The second-order valence-electron chi connectivity index (χ2n) is 7.08. The fourth-order valence-corrected chi connectivity index (χ4v) is 3.60. The van der Waals surface area contributed by atoms with Crippen LogP contribution < -0.4 is 20.3 Å². The van der Waals surface area contributed by atoms with Crippen LogP contribution in [0.3, 0.4) is 0 Å².